The first kappa shape index (κ1) is 20.0. The number of ether oxygens (including phenoxy) is 2. The third-order valence-electron chi connectivity index (χ3n) is 5.21. The lowest BCUT2D eigenvalue weighted by molar-refractivity contribution is -0.131. The van der Waals surface area contributed by atoms with E-state index in [2.05, 4.69) is 17.1 Å². The lowest BCUT2D eigenvalue weighted by Gasteiger charge is -2.19. The predicted molar refractivity (Wildman–Crippen MR) is 123 cm³/mol. The van der Waals surface area contributed by atoms with Gasteiger partial charge in [-0.1, -0.05) is 12.1 Å². The van der Waals surface area contributed by atoms with Crippen LogP contribution in [0, 0.1) is 6.92 Å². The number of carbonyl (C=O) groups is 1. The fraction of sp³-hybridized carbons (Fsp3) is 0.261. The number of hydrogen-bond acceptors (Lipinski definition) is 7. The molecular weight excluding hydrogens is 430 g/mol. The Morgan fingerprint density at radius 3 is 2.90 bits per heavy atom. The van der Waals surface area contributed by atoms with Gasteiger partial charge < -0.3 is 14.4 Å². The van der Waals surface area contributed by atoms with E-state index >= 15 is 0 Å². The minimum atomic E-state index is 0.0473. The first-order chi connectivity index (χ1) is 15.1. The molecule has 1 aliphatic rings. The van der Waals surface area contributed by atoms with E-state index < -0.39 is 0 Å². The van der Waals surface area contributed by atoms with Gasteiger partial charge in [-0.25, -0.2) is 9.97 Å². The maximum atomic E-state index is 13.0. The Kier molecular flexibility index (Phi) is 5.33. The highest BCUT2D eigenvalue weighted by atomic mass is 32.1. The summed E-state index contributed by atoms with van der Waals surface area (Å²) >= 11 is 3.20. The number of hydrogen-bond donors (Lipinski definition) is 0. The topological polar surface area (TPSA) is 64.6 Å². The number of amides is 1. The third-order valence-corrected chi connectivity index (χ3v) is 7.12. The predicted octanol–water partition coefficient (Wildman–Crippen LogP) is 4.70. The molecule has 6 nitrogen and oxygen atoms in total. The molecule has 0 atom stereocenters. The summed E-state index contributed by atoms with van der Waals surface area (Å²) < 4.78 is 12.8. The van der Waals surface area contributed by atoms with Crippen LogP contribution in [0.4, 0.5) is 0 Å². The second kappa shape index (κ2) is 8.28. The summed E-state index contributed by atoms with van der Waals surface area (Å²) in [6, 6.07) is 12.1. The van der Waals surface area contributed by atoms with Gasteiger partial charge in [0.05, 0.1) is 41.0 Å². The first-order valence-electron chi connectivity index (χ1n) is 9.99. The molecule has 0 N–H and O–H groups in total. The highest BCUT2D eigenvalue weighted by Gasteiger charge is 2.24. The molecule has 158 valence electrons. The minimum Gasteiger partial charge on any atom is -0.493 e. The number of fused-ring (bicyclic) bond motifs is 2. The number of nitrogens with zero attached hydrogens (tertiary/aromatic N) is 3. The maximum Gasteiger partial charge on any atom is 0.229 e. The molecule has 0 radical (unpaired) electrons. The fourth-order valence-electron chi connectivity index (χ4n) is 3.72. The Morgan fingerprint density at radius 2 is 2.13 bits per heavy atom. The third kappa shape index (κ3) is 4.00. The van der Waals surface area contributed by atoms with Crippen LogP contribution in [0.5, 0.6) is 11.5 Å². The van der Waals surface area contributed by atoms with Crippen LogP contribution >= 0.6 is 22.7 Å². The van der Waals surface area contributed by atoms with Gasteiger partial charge in [0.1, 0.15) is 11.6 Å². The molecule has 0 bridgehead atoms. The fourth-order valence-corrected chi connectivity index (χ4v) is 5.29. The van der Waals surface area contributed by atoms with E-state index in [1.807, 2.05) is 41.5 Å². The van der Waals surface area contributed by atoms with Crippen LogP contribution < -0.4 is 9.47 Å². The van der Waals surface area contributed by atoms with E-state index in [9.17, 15) is 4.79 Å². The number of aryl methyl sites for hydroxylation is 1. The summed E-state index contributed by atoms with van der Waals surface area (Å²) in [4.78, 5) is 24.0. The Hall–Kier alpha value is -2.97. The Bertz CT molecular complexity index is 1230. The van der Waals surface area contributed by atoms with Crippen molar-refractivity contribution in [2.75, 3.05) is 20.3 Å². The number of para-hydroxylation sites is 1. The van der Waals surface area contributed by atoms with Crippen molar-refractivity contribution in [2.24, 2.45) is 0 Å². The molecule has 5 rings (SSSR count). The van der Waals surface area contributed by atoms with E-state index in [4.69, 9.17) is 14.5 Å². The van der Waals surface area contributed by atoms with E-state index in [0.717, 1.165) is 37.1 Å². The van der Waals surface area contributed by atoms with Crippen molar-refractivity contribution >= 4 is 38.8 Å². The lowest BCUT2D eigenvalue weighted by Crippen LogP contribution is -2.33. The monoisotopic (exact) mass is 451 g/mol. The molecule has 0 unspecified atom stereocenters. The summed E-state index contributed by atoms with van der Waals surface area (Å²) in [6.45, 7) is 3.36. The van der Waals surface area contributed by atoms with E-state index in [0.29, 0.717) is 37.6 Å². The molecule has 0 saturated heterocycles. The summed E-state index contributed by atoms with van der Waals surface area (Å²) in [6.07, 6.45) is 0.300. The summed E-state index contributed by atoms with van der Waals surface area (Å²) in [5.41, 5.74) is 3.68. The van der Waals surface area contributed by atoms with Gasteiger partial charge in [0, 0.05) is 23.1 Å². The van der Waals surface area contributed by atoms with Crippen LogP contribution in [0.2, 0.25) is 0 Å². The van der Waals surface area contributed by atoms with Crippen LogP contribution in [0.3, 0.4) is 0 Å². The van der Waals surface area contributed by atoms with Crippen molar-refractivity contribution in [3.8, 4) is 22.1 Å². The van der Waals surface area contributed by atoms with Crippen LogP contribution in [-0.2, 0) is 17.8 Å². The van der Waals surface area contributed by atoms with Gasteiger partial charge in [-0.2, -0.15) is 0 Å². The number of rotatable bonds is 4. The molecule has 8 heteroatoms. The molecule has 31 heavy (non-hydrogen) atoms. The second-order valence-electron chi connectivity index (χ2n) is 7.35. The number of carbonyl (C=O) groups excluding carboxylic acids is 1. The van der Waals surface area contributed by atoms with Gasteiger partial charge in [-0.15, -0.1) is 22.7 Å². The van der Waals surface area contributed by atoms with Crippen LogP contribution in [0.15, 0.2) is 41.8 Å². The molecule has 0 saturated carbocycles. The number of benzene rings is 2. The summed E-state index contributed by atoms with van der Waals surface area (Å²) in [5.74, 6) is 1.41. The van der Waals surface area contributed by atoms with E-state index in [1.165, 1.54) is 0 Å². The van der Waals surface area contributed by atoms with Crippen molar-refractivity contribution in [3.63, 3.8) is 0 Å². The molecular formula is C23H21N3O3S2. The summed E-state index contributed by atoms with van der Waals surface area (Å²) in [5, 5.41) is 3.84. The zero-order valence-electron chi connectivity index (χ0n) is 17.3. The van der Waals surface area contributed by atoms with Gasteiger partial charge >= 0.3 is 0 Å². The minimum absolute atomic E-state index is 0.0473. The summed E-state index contributed by atoms with van der Waals surface area (Å²) in [7, 11) is 1.64. The Balaban J connectivity index is 1.48. The zero-order chi connectivity index (χ0) is 21.4. The van der Waals surface area contributed by atoms with Crippen molar-refractivity contribution in [3.05, 3.63) is 58.0 Å². The number of thiazole rings is 2. The molecule has 3 heterocycles. The highest BCUT2D eigenvalue weighted by molar-refractivity contribution is 7.21. The smallest absolute Gasteiger partial charge is 0.229 e. The number of methoxy groups -OCH3 is 1. The Labute approximate surface area is 188 Å². The highest BCUT2D eigenvalue weighted by Crippen LogP contribution is 2.40. The van der Waals surface area contributed by atoms with Gasteiger partial charge in [0.2, 0.25) is 5.91 Å². The van der Waals surface area contributed by atoms with E-state index in [-0.39, 0.29) is 5.91 Å². The SMILES string of the molecule is COc1cc(-c2nc3ccccc3s2)cc2c1OCCN(C(=O)Cc1csc(C)n1)C2. The average Bonchev–Trinajstić information content (AvgIpc) is 3.32. The van der Waals surface area contributed by atoms with Gasteiger partial charge in [-0.05, 0) is 31.2 Å². The zero-order valence-corrected chi connectivity index (χ0v) is 18.9. The Morgan fingerprint density at radius 1 is 1.26 bits per heavy atom. The maximum absolute atomic E-state index is 13.0. The molecule has 4 aromatic rings. The molecule has 0 aliphatic carbocycles. The van der Waals surface area contributed by atoms with Crippen molar-refractivity contribution in [2.45, 2.75) is 19.9 Å². The molecule has 2 aromatic carbocycles. The van der Waals surface area contributed by atoms with E-state index in [1.54, 1.807) is 29.8 Å². The van der Waals surface area contributed by atoms with Crippen molar-refractivity contribution in [1.82, 2.24) is 14.9 Å². The lowest BCUT2D eigenvalue weighted by atomic mass is 10.1. The van der Waals surface area contributed by atoms with Gasteiger partial charge in [0.25, 0.3) is 0 Å². The molecule has 0 spiro atoms. The van der Waals surface area contributed by atoms with Gasteiger partial charge in [0.15, 0.2) is 11.5 Å². The largest absolute Gasteiger partial charge is 0.493 e. The van der Waals surface area contributed by atoms with Gasteiger partial charge in [-0.3, -0.25) is 4.79 Å². The van der Waals surface area contributed by atoms with Crippen LogP contribution in [0.25, 0.3) is 20.8 Å². The molecule has 1 aliphatic heterocycles. The van der Waals surface area contributed by atoms with Crippen molar-refractivity contribution < 1.29 is 14.3 Å². The second-order valence-corrected chi connectivity index (χ2v) is 9.44. The first-order valence-corrected chi connectivity index (χ1v) is 11.7. The number of aromatic nitrogens is 2. The quantitative estimate of drug-likeness (QED) is 0.450. The molecule has 1 amide bonds. The van der Waals surface area contributed by atoms with Crippen LogP contribution in [-0.4, -0.2) is 41.0 Å². The van der Waals surface area contributed by atoms with Crippen LogP contribution in [0.1, 0.15) is 16.3 Å². The molecule has 0 fully saturated rings. The molecule has 2 aromatic heterocycles. The normalized spacial score (nSPS) is 13.5. The standard InChI is InChI=1S/C23H21N3O3S2/c1-14-24-17(13-30-14)11-21(27)26-7-8-29-22-16(12-26)9-15(10-19(22)28-2)23-25-18-5-3-4-6-20(18)31-23/h3-6,9-10,13H,7-8,11-12H2,1-2H3. The van der Waals surface area contributed by atoms with Crippen molar-refractivity contribution in [1.29, 1.82) is 0 Å². The average molecular weight is 452 g/mol.